The van der Waals surface area contributed by atoms with Crippen LogP contribution in [0.2, 0.25) is 0 Å². The van der Waals surface area contributed by atoms with Crippen LogP contribution in [0.3, 0.4) is 0 Å². The number of nitrogens with one attached hydrogen (secondary N) is 1. The van der Waals surface area contributed by atoms with E-state index in [1.54, 1.807) is 0 Å². The molecule has 3 heterocycles. The van der Waals surface area contributed by atoms with E-state index in [1.807, 2.05) is 0 Å². The third-order valence-electron chi connectivity index (χ3n) is 5.26. The summed E-state index contributed by atoms with van der Waals surface area (Å²) in [5, 5.41) is 3.97. The Kier molecular flexibility index (Phi) is 3.42. The zero-order valence-corrected chi connectivity index (χ0v) is 11.4. The van der Waals surface area contributed by atoms with E-state index in [0.29, 0.717) is 0 Å². The average molecular weight is 237 g/mol. The second kappa shape index (κ2) is 4.87. The fourth-order valence-corrected chi connectivity index (χ4v) is 4.02. The van der Waals surface area contributed by atoms with Crippen molar-refractivity contribution in [1.82, 2.24) is 15.1 Å². The fraction of sp³-hybridized carbons (Fsp3) is 1.00. The molecule has 3 rings (SSSR count). The van der Waals surface area contributed by atoms with Crippen LogP contribution >= 0.6 is 0 Å². The molecule has 0 aromatic rings. The van der Waals surface area contributed by atoms with Crippen molar-refractivity contribution in [3.8, 4) is 0 Å². The molecule has 0 amide bonds. The van der Waals surface area contributed by atoms with Crippen LogP contribution in [0.4, 0.5) is 0 Å². The number of piperidine rings is 1. The highest BCUT2D eigenvalue weighted by Gasteiger charge is 2.38. The van der Waals surface area contributed by atoms with Crippen LogP contribution in [-0.4, -0.2) is 60.6 Å². The molecule has 98 valence electrons. The highest BCUT2D eigenvalue weighted by molar-refractivity contribution is 4.97. The number of nitrogens with zero attached hydrogens (tertiary/aromatic N) is 2. The molecule has 4 unspecified atom stereocenters. The van der Waals surface area contributed by atoms with Gasteiger partial charge in [-0.2, -0.15) is 0 Å². The first-order chi connectivity index (χ1) is 8.24. The van der Waals surface area contributed by atoms with E-state index < -0.39 is 0 Å². The van der Waals surface area contributed by atoms with Gasteiger partial charge >= 0.3 is 0 Å². The third kappa shape index (κ3) is 2.38. The highest BCUT2D eigenvalue weighted by atomic mass is 15.2. The Morgan fingerprint density at radius 1 is 1.06 bits per heavy atom. The van der Waals surface area contributed by atoms with E-state index >= 15 is 0 Å². The van der Waals surface area contributed by atoms with Crippen LogP contribution in [0, 0.1) is 0 Å². The molecule has 17 heavy (non-hydrogen) atoms. The maximum atomic E-state index is 3.97. The lowest BCUT2D eigenvalue weighted by molar-refractivity contribution is 0.157. The van der Waals surface area contributed by atoms with Gasteiger partial charge in [0.1, 0.15) is 0 Å². The predicted molar refractivity (Wildman–Crippen MR) is 71.2 cm³/mol. The van der Waals surface area contributed by atoms with Crippen LogP contribution in [0.1, 0.15) is 39.0 Å². The second-order valence-corrected chi connectivity index (χ2v) is 6.36. The van der Waals surface area contributed by atoms with Crippen molar-refractivity contribution in [3.05, 3.63) is 0 Å². The van der Waals surface area contributed by atoms with Crippen molar-refractivity contribution < 1.29 is 0 Å². The first-order valence-corrected chi connectivity index (χ1v) is 7.44. The van der Waals surface area contributed by atoms with Crippen molar-refractivity contribution in [2.75, 3.05) is 26.7 Å². The van der Waals surface area contributed by atoms with Crippen LogP contribution in [0.5, 0.6) is 0 Å². The Balaban J connectivity index is 1.53. The van der Waals surface area contributed by atoms with Gasteiger partial charge in [0.2, 0.25) is 0 Å². The summed E-state index contributed by atoms with van der Waals surface area (Å²) in [6, 6.07) is 3.18. The summed E-state index contributed by atoms with van der Waals surface area (Å²) in [5.74, 6) is 0. The summed E-state index contributed by atoms with van der Waals surface area (Å²) < 4.78 is 0. The number of hydrogen-bond donors (Lipinski definition) is 1. The number of likely N-dealkylation sites (tertiary alicyclic amines) is 1. The van der Waals surface area contributed by atoms with E-state index in [-0.39, 0.29) is 0 Å². The standard InChI is InChI=1S/C14H27N3/c1-11-10-12(5-8-16(11)2)15-13-6-9-17-7-3-4-14(13)17/h11-15H,3-10H2,1-2H3. The van der Waals surface area contributed by atoms with Gasteiger partial charge in [0, 0.05) is 30.7 Å². The minimum Gasteiger partial charge on any atom is -0.310 e. The molecule has 3 fully saturated rings. The molecule has 0 radical (unpaired) electrons. The fourth-order valence-electron chi connectivity index (χ4n) is 4.02. The molecule has 0 saturated carbocycles. The molecule has 0 aromatic heterocycles. The van der Waals surface area contributed by atoms with Gasteiger partial charge in [0.25, 0.3) is 0 Å². The zero-order valence-electron chi connectivity index (χ0n) is 11.4. The second-order valence-electron chi connectivity index (χ2n) is 6.36. The minimum atomic E-state index is 0.752. The van der Waals surface area contributed by atoms with Crippen molar-refractivity contribution in [1.29, 1.82) is 0 Å². The molecule has 1 N–H and O–H groups in total. The van der Waals surface area contributed by atoms with Crippen molar-refractivity contribution in [2.24, 2.45) is 0 Å². The smallest absolute Gasteiger partial charge is 0.0250 e. The molecular weight excluding hydrogens is 210 g/mol. The molecule has 0 bridgehead atoms. The van der Waals surface area contributed by atoms with E-state index in [4.69, 9.17) is 0 Å². The first-order valence-electron chi connectivity index (χ1n) is 7.44. The summed E-state index contributed by atoms with van der Waals surface area (Å²) in [7, 11) is 2.26. The van der Waals surface area contributed by atoms with Gasteiger partial charge in [-0.3, -0.25) is 4.90 Å². The predicted octanol–water partition coefficient (Wildman–Crippen LogP) is 1.30. The van der Waals surface area contributed by atoms with Gasteiger partial charge < -0.3 is 10.2 Å². The van der Waals surface area contributed by atoms with Gasteiger partial charge in [0.05, 0.1) is 0 Å². The third-order valence-corrected chi connectivity index (χ3v) is 5.26. The molecule has 0 spiro atoms. The van der Waals surface area contributed by atoms with Gasteiger partial charge in [-0.15, -0.1) is 0 Å². The molecule has 4 atom stereocenters. The molecule has 3 aliphatic rings. The zero-order chi connectivity index (χ0) is 11.8. The summed E-state index contributed by atoms with van der Waals surface area (Å²) in [5.41, 5.74) is 0. The highest BCUT2D eigenvalue weighted by Crippen LogP contribution is 2.29. The van der Waals surface area contributed by atoms with Crippen LogP contribution in [0.15, 0.2) is 0 Å². The summed E-state index contributed by atoms with van der Waals surface area (Å²) in [4.78, 5) is 5.20. The maximum Gasteiger partial charge on any atom is 0.0250 e. The van der Waals surface area contributed by atoms with E-state index in [0.717, 1.165) is 24.2 Å². The Morgan fingerprint density at radius 2 is 1.94 bits per heavy atom. The van der Waals surface area contributed by atoms with Crippen molar-refractivity contribution >= 4 is 0 Å². The Labute approximate surface area is 106 Å². The van der Waals surface area contributed by atoms with Crippen LogP contribution in [-0.2, 0) is 0 Å². The molecule has 3 aliphatic heterocycles. The van der Waals surface area contributed by atoms with Crippen molar-refractivity contribution in [2.45, 2.75) is 63.2 Å². The number of rotatable bonds is 2. The monoisotopic (exact) mass is 237 g/mol. The molecule has 0 aliphatic carbocycles. The number of fused-ring (bicyclic) bond motifs is 1. The van der Waals surface area contributed by atoms with E-state index in [9.17, 15) is 0 Å². The normalized spacial score (nSPS) is 44.1. The van der Waals surface area contributed by atoms with Gasteiger partial charge in [-0.1, -0.05) is 0 Å². The first kappa shape index (κ1) is 11.9. The summed E-state index contributed by atoms with van der Waals surface area (Å²) >= 11 is 0. The van der Waals surface area contributed by atoms with E-state index in [2.05, 4.69) is 29.1 Å². The lowest BCUT2D eigenvalue weighted by atomic mass is 9.96. The Hall–Kier alpha value is -0.120. The summed E-state index contributed by atoms with van der Waals surface area (Å²) in [6.45, 7) is 6.32. The molecule has 3 nitrogen and oxygen atoms in total. The largest absolute Gasteiger partial charge is 0.310 e. The Bertz CT molecular complexity index is 268. The molecular formula is C14H27N3. The quantitative estimate of drug-likeness (QED) is 0.781. The van der Waals surface area contributed by atoms with Gasteiger partial charge in [-0.05, 0) is 59.2 Å². The Morgan fingerprint density at radius 3 is 2.76 bits per heavy atom. The summed E-state index contributed by atoms with van der Waals surface area (Å²) in [6.07, 6.45) is 6.90. The lowest BCUT2D eigenvalue weighted by Crippen LogP contribution is -2.51. The van der Waals surface area contributed by atoms with Gasteiger partial charge in [0.15, 0.2) is 0 Å². The van der Waals surface area contributed by atoms with Gasteiger partial charge in [-0.25, -0.2) is 0 Å². The molecule has 0 aromatic carbocycles. The van der Waals surface area contributed by atoms with Crippen molar-refractivity contribution in [3.63, 3.8) is 0 Å². The minimum absolute atomic E-state index is 0.752. The van der Waals surface area contributed by atoms with E-state index in [1.165, 1.54) is 51.7 Å². The molecule has 3 heteroatoms. The topological polar surface area (TPSA) is 18.5 Å². The molecule has 3 saturated heterocycles. The SMILES string of the molecule is CC1CC(NC2CCN3CCCC23)CCN1C. The maximum absolute atomic E-state index is 3.97. The number of hydrogen-bond acceptors (Lipinski definition) is 3. The van der Waals surface area contributed by atoms with Crippen LogP contribution < -0.4 is 5.32 Å². The van der Waals surface area contributed by atoms with Crippen LogP contribution in [0.25, 0.3) is 0 Å². The lowest BCUT2D eigenvalue weighted by Gasteiger charge is -2.37. The average Bonchev–Trinajstić information content (AvgIpc) is 2.88.